The highest BCUT2D eigenvalue weighted by Crippen LogP contribution is 2.25. The van der Waals surface area contributed by atoms with E-state index in [4.69, 9.17) is 0 Å². The predicted molar refractivity (Wildman–Crippen MR) is 120 cm³/mol. The lowest BCUT2D eigenvalue weighted by molar-refractivity contribution is 0.0925. The zero-order valence-electron chi connectivity index (χ0n) is 17.3. The number of rotatable bonds is 7. The van der Waals surface area contributed by atoms with E-state index in [2.05, 4.69) is 10.0 Å². The van der Waals surface area contributed by atoms with Gasteiger partial charge in [0.1, 0.15) is 0 Å². The molecule has 6 heteroatoms. The second kappa shape index (κ2) is 9.13. The van der Waals surface area contributed by atoms with E-state index < -0.39 is 10.0 Å². The molecule has 0 saturated carbocycles. The van der Waals surface area contributed by atoms with Crippen LogP contribution in [-0.4, -0.2) is 14.3 Å². The van der Waals surface area contributed by atoms with Gasteiger partial charge in [-0.05, 0) is 54.3 Å². The molecule has 0 heterocycles. The number of carbonyl (C=O) groups is 1. The largest absolute Gasteiger partial charge is 0.345 e. The molecule has 3 aromatic rings. The molecule has 0 saturated heterocycles. The SMILES string of the molecule is Cc1ccccc1C(NC(=O)c1cccc(S(=O)(=O)Nc2ccccc2)c1)C(C)C. The molecule has 3 rings (SSSR count). The first-order chi connectivity index (χ1) is 14.3. The van der Waals surface area contributed by atoms with Crippen LogP contribution in [0.15, 0.2) is 83.8 Å². The van der Waals surface area contributed by atoms with Crippen LogP contribution in [0, 0.1) is 12.8 Å². The lowest BCUT2D eigenvalue weighted by atomic mass is 9.92. The van der Waals surface area contributed by atoms with Crippen LogP contribution in [-0.2, 0) is 10.0 Å². The lowest BCUT2D eigenvalue weighted by Crippen LogP contribution is -2.32. The van der Waals surface area contributed by atoms with Crippen LogP contribution in [0.2, 0.25) is 0 Å². The average molecular weight is 423 g/mol. The van der Waals surface area contributed by atoms with Crippen molar-refractivity contribution >= 4 is 21.6 Å². The number of aryl methyl sites for hydroxylation is 1. The second-order valence-corrected chi connectivity index (χ2v) is 9.23. The molecule has 1 unspecified atom stereocenters. The maximum absolute atomic E-state index is 13.0. The summed E-state index contributed by atoms with van der Waals surface area (Å²) in [6.45, 7) is 6.10. The number of benzene rings is 3. The fraction of sp³-hybridized carbons (Fsp3) is 0.208. The third-order valence-corrected chi connectivity index (χ3v) is 6.29. The summed E-state index contributed by atoms with van der Waals surface area (Å²) < 4.78 is 28.0. The van der Waals surface area contributed by atoms with Crippen LogP contribution >= 0.6 is 0 Å². The Bertz CT molecular complexity index is 1130. The van der Waals surface area contributed by atoms with E-state index in [1.807, 2.05) is 51.1 Å². The quantitative estimate of drug-likeness (QED) is 0.567. The van der Waals surface area contributed by atoms with Crippen LogP contribution < -0.4 is 10.0 Å². The lowest BCUT2D eigenvalue weighted by Gasteiger charge is -2.24. The van der Waals surface area contributed by atoms with Crippen LogP contribution in [0.1, 0.15) is 41.4 Å². The van der Waals surface area contributed by atoms with Gasteiger partial charge in [0.05, 0.1) is 10.9 Å². The molecule has 0 spiro atoms. The molecule has 2 N–H and O–H groups in total. The van der Waals surface area contributed by atoms with E-state index in [0.29, 0.717) is 11.3 Å². The van der Waals surface area contributed by atoms with Crippen molar-refractivity contribution < 1.29 is 13.2 Å². The van der Waals surface area contributed by atoms with E-state index in [9.17, 15) is 13.2 Å². The molecule has 0 aliphatic carbocycles. The van der Waals surface area contributed by atoms with Crippen molar-refractivity contribution in [2.45, 2.75) is 31.7 Å². The number of hydrogen-bond acceptors (Lipinski definition) is 3. The topological polar surface area (TPSA) is 75.3 Å². The Morgan fingerprint density at radius 2 is 1.53 bits per heavy atom. The van der Waals surface area contributed by atoms with Gasteiger partial charge in [0.15, 0.2) is 0 Å². The highest BCUT2D eigenvalue weighted by Gasteiger charge is 2.22. The van der Waals surface area contributed by atoms with Gasteiger partial charge in [-0.15, -0.1) is 0 Å². The zero-order chi connectivity index (χ0) is 21.7. The van der Waals surface area contributed by atoms with Gasteiger partial charge in [0, 0.05) is 11.3 Å². The van der Waals surface area contributed by atoms with Crippen LogP contribution in [0.5, 0.6) is 0 Å². The third kappa shape index (κ3) is 5.07. The minimum atomic E-state index is -3.80. The Balaban J connectivity index is 1.84. The van der Waals surface area contributed by atoms with E-state index in [1.54, 1.807) is 36.4 Å². The van der Waals surface area contributed by atoms with Gasteiger partial charge in [0.25, 0.3) is 15.9 Å². The van der Waals surface area contributed by atoms with E-state index >= 15 is 0 Å². The molecule has 0 aromatic heterocycles. The van der Waals surface area contributed by atoms with Crippen LogP contribution in [0.3, 0.4) is 0 Å². The summed E-state index contributed by atoms with van der Waals surface area (Å²) in [5.74, 6) is -0.143. The zero-order valence-corrected chi connectivity index (χ0v) is 18.1. The standard InChI is InChI=1S/C24H26N2O3S/c1-17(2)23(22-15-8-7-10-18(22)3)25-24(27)19-11-9-14-21(16-19)30(28,29)26-20-12-5-4-6-13-20/h4-17,23,26H,1-3H3,(H,25,27). The Labute approximate surface area is 178 Å². The number of para-hydroxylation sites is 1. The highest BCUT2D eigenvalue weighted by atomic mass is 32.2. The summed E-state index contributed by atoms with van der Waals surface area (Å²) in [5.41, 5.74) is 2.91. The fourth-order valence-corrected chi connectivity index (χ4v) is 4.39. The van der Waals surface area contributed by atoms with Crippen molar-refractivity contribution in [3.05, 3.63) is 95.6 Å². The average Bonchev–Trinajstić information content (AvgIpc) is 2.73. The normalized spacial score (nSPS) is 12.4. The number of nitrogens with one attached hydrogen (secondary N) is 2. The third-order valence-electron chi connectivity index (χ3n) is 4.91. The van der Waals surface area contributed by atoms with Gasteiger partial charge in [-0.1, -0.05) is 62.4 Å². The highest BCUT2D eigenvalue weighted by molar-refractivity contribution is 7.92. The Morgan fingerprint density at radius 1 is 0.867 bits per heavy atom. The summed E-state index contributed by atoms with van der Waals surface area (Å²) in [4.78, 5) is 13.0. The van der Waals surface area contributed by atoms with Crippen molar-refractivity contribution in [2.75, 3.05) is 4.72 Å². The summed E-state index contributed by atoms with van der Waals surface area (Å²) in [7, 11) is -3.80. The molecular formula is C24H26N2O3S. The molecular weight excluding hydrogens is 396 g/mol. The van der Waals surface area contributed by atoms with Gasteiger partial charge in [0.2, 0.25) is 0 Å². The summed E-state index contributed by atoms with van der Waals surface area (Å²) in [6, 6.07) is 22.5. The molecule has 1 atom stereocenters. The monoisotopic (exact) mass is 422 g/mol. The fourth-order valence-electron chi connectivity index (χ4n) is 3.29. The van der Waals surface area contributed by atoms with Gasteiger partial charge >= 0.3 is 0 Å². The maximum atomic E-state index is 13.0. The van der Waals surface area contributed by atoms with Crippen molar-refractivity contribution in [3.63, 3.8) is 0 Å². The molecule has 30 heavy (non-hydrogen) atoms. The van der Waals surface area contributed by atoms with E-state index in [1.165, 1.54) is 12.1 Å². The van der Waals surface area contributed by atoms with Gasteiger partial charge in [-0.2, -0.15) is 0 Å². The summed E-state index contributed by atoms with van der Waals surface area (Å²) in [6.07, 6.45) is 0. The molecule has 0 aliphatic heterocycles. The molecule has 5 nitrogen and oxygen atoms in total. The first-order valence-electron chi connectivity index (χ1n) is 9.82. The summed E-state index contributed by atoms with van der Waals surface area (Å²) >= 11 is 0. The van der Waals surface area contributed by atoms with E-state index in [0.717, 1.165) is 11.1 Å². The number of amides is 1. The van der Waals surface area contributed by atoms with Gasteiger partial charge < -0.3 is 5.32 Å². The molecule has 0 radical (unpaired) electrons. The minimum absolute atomic E-state index is 0.0380. The van der Waals surface area contributed by atoms with Crippen molar-refractivity contribution in [1.29, 1.82) is 0 Å². The Kier molecular flexibility index (Phi) is 6.57. The number of sulfonamides is 1. The summed E-state index contributed by atoms with van der Waals surface area (Å²) in [5, 5.41) is 3.06. The molecule has 3 aromatic carbocycles. The van der Waals surface area contributed by atoms with Crippen molar-refractivity contribution in [3.8, 4) is 0 Å². The van der Waals surface area contributed by atoms with Crippen LogP contribution in [0.4, 0.5) is 5.69 Å². The molecule has 1 amide bonds. The smallest absolute Gasteiger partial charge is 0.261 e. The van der Waals surface area contributed by atoms with Gasteiger partial charge in [-0.25, -0.2) is 8.42 Å². The first-order valence-corrected chi connectivity index (χ1v) is 11.3. The second-order valence-electron chi connectivity index (χ2n) is 7.55. The molecule has 0 bridgehead atoms. The maximum Gasteiger partial charge on any atom is 0.261 e. The minimum Gasteiger partial charge on any atom is -0.345 e. The Hall–Kier alpha value is -3.12. The number of hydrogen-bond donors (Lipinski definition) is 2. The number of anilines is 1. The van der Waals surface area contributed by atoms with E-state index in [-0.39, 0.29) is 22.8 Å². The number of carbonyl (C=O) groups excluding carboxylic acids is 1. The molecule has 0 fully saturated rings. The van der Waals surface area contributed by atoms with Crippen molar-refractivity contribution in [2.24, 2.45) is 5.92 Å². The predicted octanol–water partition coefficient (Wildman–Crippen LogP) is 4.92. The molecule has 0 aliphatic rings. The van der Waals surface area contributed by atoms with Gasteiger partial charge in [-0.3, -0.25) is 9.52 Å². The first kappa shape index (κ1) is 21.6. The molecule has 156 valence electrons. The van der Waals surface area contributed by atoms with Crippen LogP contribution in [0.25, 0.3) is 0 Å². The Morgan fingerprint density at radius 3 is 2.20 bits per heavy atom. The van der Waals surface area contributed by atoms with Crippen molar-refractivity contribution in [1.82, 2.24) is 5.32 Å².